The zero-order valence-electron chi connectivity index (χ0n) is 12.3. The molecule has 110 valence electrons. The number of halogens is 1. The van der Waals surface area contributed by atoms with Crippen LogP contribution in [0.25, 0.3) is 11.1 Å². The van der Waals surface area contributed by atoms with E-state index < -0.39 is 0 Å². The average Bonchev–Trinajstić information content (AvgIpc) is 2.97. The smallest absolute Gasteiger partial charge is 0.179 e. The van der Waals surface area contributed by atoms with Crippen molar-refractivity contribution in [1.82, 2.24) is 4.90 Å². The van der Waals surface area contributed by atoms with E-state index in [0.29, 0.717) is 25.1 Å². The zero-order chi connectivity index (χ0) is 15.7. The van der Waals surface area contributed by atoms with Crippen molar-refractivity contribution >= 4 is 5.78 Å². The number of nitriles is 1. The van der Waals surface area contributed by atoms with E-state index in [1.54, 1.807) is 17.0 Å². The molecule has 0 radical (unpaired) electrons. The summed E-state index contributed by atoms with van der Waals surface area (Å²) >= 11 is 0. The first-order valence-corrected chi connectivity index (χ1v) is 7.22. The van der Waals surface area contributed by atoms with Gasteiger partial charge in [0.15, 0.2) is 12.0 Å². The third kappa shape index (κ3) is 2.46. The van der Waals surface area contributed by atoms with Gasteiger partial charge in [-0.2, -0.15) is 5.26 Å². The first kappa shape index (κ1) is 14.3. The molecule has 0 fully saturated rings. The Bertz CT molecular complexity index is 775. The maximum atomic E-state index is 13.1. The highest BCUT2D eigenvalue weighted by atomic mass is 19.1. The van der Waals surface area contributed by atoms with Crippen molar-refractivity contribution in [2.24, 2.45) is 0 Å². The Labute approximate surface area is 128 Å². The SMILES string of the molecule is CCC(=O)c1cc2c(c(-c3ccc(F)cc3)c1)CN(C#N)C2. The molecule has 2 aromatic carbocycles. The summed E-state index contributed by atoms with van der Waals surface area (Å²) in [5.41, 5.74) is 4.47. The minimum atomic E-state index is -0.292. The second kappa shape index (κ2) is 5.61. The number of carbonyl (C=O) groups is 1. The van der Waals surface area contributed by atoms with Crippen molar-refractivity contribution in [2.45, 2.75) is 26.4 Å². The van der Waals surface area contributed by atoms with E-state index in [1.165, 1.54) is 12.1 Å². The van der Waals surface area contributed by atoms with Crippen LogP contribution < -0.4 is 0 Å². The van der Waals surface area contributed by atoms with Gasteiger partial charge in [0.25, 0.3) is 0 Å². The third-order valence-corrected chi connectivity index (χ3v) is 3.99. The minimum Gasteiger partial charge on any atom is -0.302 e. The number of Topliss-reactive ketones (excluding diaryl/α,β-unsaturated/α-hetero) is 1. The Morgan fingerprint density at radius 2 is 2.00 bits per heavy atom. The molecule has 2 aromatic rings. The molecule has 0 aromatic heterocycles. The molecule has 0 N–H and O–H groups in total. The number of ketones is 1. The largest absolute Gasteiger partial charge is 0.302 e. The summed E-state index contributed by atoms with van der Waals surface area (Å²) in [7, 11) is 0. The van der Waals surface area contributed by atoms with Crippen LogP contribution in [0.15, 0.2) is 36.4 Å². The predicted molar refractivity (Wildman–Crippen MR) is 81.3 cm³/mol. The van der Waals surface area contributed by atoms with E-state index >= 15 is 0 Å². The van der Waals surface area contributed by atoms with Crippen LogP contribution in [-0.2, 0) is 13.1 Å². The molecule has 1 aliphatic rings. The molecule has 1 aliphatic heterocycles. The second-order valence-corrected chi connectivity index (χ2v) is 5.40. The van der Waals surface area contributed by atoms with Crippen LogP contribution in [-0.4, -0.2) is 10.7 Å². The summed E-state index contributed by atoms with van der Waals surface area (Å²) in [5, 5.41) is 9.12. The summed E-state index contributed by atoms with van der Waals surface area (Å²) < 4.78 is 13.1. The average molecular weight is 294 g/mol. The maximum absolute atomic E-state index is 13.1. The molecule has 3 rings (SSSR count). The first-order valence-electron chi connectivity index (χ1n) is 7.22. The van der Waals surface area contributed by atoms with Crippen molar-refractivity contribution in [2.75, 3.05) is 0 Å². The first-order chi connectivity index (χ1) is 10.6. The summed E-state index contributed by atoms with van der Waals surface area (Å²) in [6.45, 7) is 2.87. The minimum absolute atomic E-state index is 0.0709. The Balaban J connectivity index is 2.16. The fraction of sp³-hybridized carbons (Fsp3) is 0.222. The standard InChI is InChI=1S/C18H15FN2O/c1-2-18(22)13-7-14-9-21(11-20)10-17(14)16(8-13)12-3-5-15(19)6-4-12/h3-8H,2,9-10H2,1H3. The van der Waals surface area contributed by atoms with Gasteiger partial charge in [0.1, 0.15) is 5.82 Å². The lowest BCUT2D eigenvalue weighted by Gasteiger charge is -2.11. The van der Waals surface area contributed by atoms with E-state index in [2.05, 4.69) is 6.19 Å². The maximum Gasteiger partial charge on any atom is 0.179 e. The van der Waals surface area contributed by atoms with Gasteiger partial charge in [-0.1, -0.05) is 19.1 Å². The van der Waals surface area contributed by atoms with Gasteiger partial charge in [0.05, 0.1) is 13.1 Å². The van der Waals surface area contributed by atoms with Gasteiger partial charge in [0.2, 0.25) is 0 Å². The lowest BCUT2D eigenvalue weighted by atomic mass is 9.92. The highest BCUT2D eigenvalue weighted by molar-refractivity contribution is 5.97. The van der Waals surface area contributed by atoms with E-state index in [-0.39, 0.29) is 11.6 Å². The van der Waals surface area contributed by atoms with Crippen molar-refractivity contribution in [1.29, 1.82) is 5.26 Å². The molecule has 0 atom stereocenters. The molecule has 0 saturated carbocycles. The summed E-state index contributed by atoms with van der Waals surface area (Å²) in [4.78, 5) is 13.7. The fourth-order valence-electron chi connectivity index (χ4n) is 2.84. The third-order valence-electron chi connectivity index (χ3n) is 3.99. The molecule has 3 nitrogen and oxygen atoms in total. The van der Waals surface area contributed by atoms with Crippen LogP contribution in [0.2, 0.25) is 0 Å². The number of nitrogens with zero attached hydrogens (tertiary/aromatic N) is 2. The molecule has 0 spiro atoms. The molecule has 0 amide bonds. The Morgan fingerprint density at radius 1 is 1.27 bits per heavy atom. The van der Waals surface area contributed by atoms with Gasteiger partial charge < -0.3 is 4.90 Å². The lowest BCUT2D eigenvalue weighted by Crippen LogP contribution is -2.07. The molecule has 0 saturated heterocycles. The highest BCUT2D eigenvalue weighted by Crippen LogP contribution is 2.34. The molecule has 0 aliphatic carbocycles. The molecule has 0 unspecified atom stereocenters. The van der Waals surface area contributed by atoms with E-state index in [9.17, 15) is 9.18 Å². The fourth-order valence-corrected chi connectivity index (χ4v) is 2.84. The number of hydrogen-bond donors (Lipinski definition) is 0. The van der Waals surface area contributed by atoms with Crippen molar-refractivity contribution < 1.29 is 9.18 Å². The highest BCUT2D eigenvalue weighted by Gasteiger charge is 2.23. The predicted octanol–water partition coefficient (Wildman–Crippen LogP) is 3.88. The second-order valence-electron chi connectivity index (χ2n) is 5.40. The summed E-state index contributed by atoms with van der Waals surface area (Å²) in [5.74, 6) is -0.221. The van der Waals surface area contributed by atoms with Crippen molar-refractivity contribution in [3.05, 3.63) is 58.9 Å². The summed E-state index contributed by atoms with van der Waals surface area (Å²) in [6.07, 6.45) is 2.58. The van der Waals surface area contributed by atoms with Crippen molar-refractivity contribution in [3.8, 4) is 17.3 Å². The number of benzene rings is 2. The lowest BCUT2D eigenvalue weighted by molar-refractivity contribution is 0.0988. The number of hydrogen-bond acceptors (Lipinski definition) is 3. The van der Waals surface area contributed by atoms with Crippen molar-refractivity contribution in [3.63, 3.8) is 0 Å². The van der Waals surface area contributed by atoms with E-state index in [4.69, 9.17) is 5.26 Å². The monoisotopic (exact) mass is 294 g/mol. The van der Waals surface area contributed by atoms with Gasteiger partial charge in [-0.05, 0) is 46.5 Å². The van der Waals surface area contributed by atoms with Crippen LogP contribution in [0.5, 0.6) is 0 Å². The van der Waals surface area contributed by atoms with Gasteiger partial charge in [-0.15, -0.1) is 0 Å². The van der Waals surface area contributed by atoms with Crippen LogP contribution in [0, 0.1) is 17.3 Å². The number of fused-ring (bicyclic) bond motifs is 1. The van der Waals surface area contributed by atoms with Gasteiger partial charge in [-0.3, -0.25) is 4.79 Å². The van der Waals surface area contributed by atoms with Crippen LogP contribution in [0.4, 0.5) is 4.39 Å². The molecule has 0 bridgehead atoms. The quantitative estimate of drug-likeness (QED) is 0.637. The van der Waals surface area contributed by atoms with Gasteiger partial charge in [-0.25, -0.2) is 4.39 Å². The zero-order valence-corrected chi connectivity index (χ0v) is 12.3. The van der Waals surface area contributed by atoms with Gasteiger partial charge in [0, 0.05) is 12.0 Å². The van der Waals surface area contributed by atoms with Gasteiger partial charge >= 0.3 is 0 Å². The molecular formula is C18H15FN2O. The normalized spacial score (nSPS) is 12.9. The molecular weight excluding hydrogens is 279 g/mol. The van der Waals surface area contributed by atoms with E-state index in [1.807, 2.05) is 19.1 Å². The summed E-state index contributed by atoms with van der Waals surface area (Å²) in [6, 6.07) is 9.98. The van der Waals surface area contributed by atoms with Crippen LogP contribution in [0.1, 0.15) is 34.8 Å². The number of carbonyl (C=O) groups excluding carboxylic acids is 1. The van der Waals surface area contributed by atoms with Crippen LogP contribution in [0.3, 0.4) is 0 Å². The molecule has 1 heterocycles. The Morgan fingerprint density at radius 3 is 2.64 bits per heavy atom. The van der Waals surface area contributed by atoms with E-state index in [0.717, 1.165) is 22.3 Å². The number of rotatable bonds is 3. The molecule has 22 heavy (non-hydrogen) atoms. The Hall–Kier alpha value is -2.67. The topological polar surface area (TPSA) is 44.1 Å². The molecule has 4 heteroatoms. The van der Waals surface area contributed by atoms with Crippen LogP contribution >= 0.6 is 0 Å². The Kier molecular flexibility index (Phi) is 3.64.